The SMILES string of the molecule is NS(=O)(=O)c1ccc(NC(=O)c2ccc(C3CCC3)cc2)cc1. The highest BCUT2D eigenvalue weighted by Crippen LogP contribution is 2.36. The molecule has 23 heavy (non-hydrogen) atoms. The molecule has 0 bridgehead atoms. The van der Waals surface area contributed by atoms with E-state index in [-0.39, 0.29) is 10.8 Å². The summed E-state index contributed by atoms with van der Waals surface area (Å²) >= 11 is 0. The highest BCUT2D eigenvalue weighted by molar-refractivity contribution is 7.89. The number of amides is 1. The molecule has 3 rings (SSSR count). The molecule has 5 nitrogen and oxygen atoms in total. The Bertz CT molecular complexity index is 808. The van der Waals surface area contributed by atoms with Crippen molar-refractivity contribution < 1.29 is 13.2 Å². The third-order valence-corrected chi connectivity index (χ3v) is 5.12. The fourth-order valence-electron chi connectivity index (χ4n) is 2.58. The van der Waals surface area contributed by atoms with Crippen LogP contribution >= 0.6 is 0 Å². The summed E-state index contributed by atoms with van der Waals surface area (Å²) in [4.78, 5) is 12.2. The molecule has 1 amide bonds. The van der Waals surface area contributed by atoms with Gasteiger partial charge in [0.15, 0.2) is 0 Å². The van der Waals surface area contributed by atoms with Gasteiger partial charge < -0.3 is 5.32 Å². The average Bonchev–Trinajstić information content (AvgIpc) is 2.46. The highest BCUT2D eigenvalue weighted by Gasteiger charge is 2.19. The summed E-state index contributed by atoms with van der Waals surface area (Å²) in [5, 5.41) is 7.78. The van der Waals surface area contributed by atoms with Gasteiger partial charge in [0, 0.05) is 11.3 Å². The third kappa shape index (κ3) is 3.60. The zero-order chi connectivity index (χ0) is 16.4. The molecule has 1 aliphatic rings. The predicted molar refractivity (Wildman–Crippen MR) is 88.8 cm³/mol. The summed E-state index contributed by atoms with van der Waals surface area (Å²) < 4.78 is 22.4. The molecule has 2 aromatic rings. The van der Waals surface area contributed by atoms with Crippen LogP contribution < -0.4 is 10.5 Å². The molecule has 0 atom stereocenters. The Labute approximate surface area is 135 Å². The van der Waals surface area contributed by atoms with E-state index in [4.69, 9.17) is 5.14 Å². The van der Waals surface area contributed by atoms with E-state index in [1.54, 1.807) is 0 Å². The number of sulfonamides is 1. The first-order chi connectivity index (χ1) is 10.9. The summed E-state index contributed by atoms with van der Waals surface area (Å²) in [6, 6.07) is 13.4. The van der Waals surface area contributed by atoms with Gasteiger partial charge >= 0.3 is 0 Å². The van der Waals surface area contributed by atoms with Crippen molar-refractivity contribution in [3.63, 3.8) is 0 Å². The van der Waals surface area contributed by atoms with Gasteiger partial charge in [-0.2, -0.15) is 0 Å². The fraction of sp³-hybridized carbons (Fsp3) is 0.235. The highest BCUT2D eigenvalue weighted by atomic mass is 32.2. The number of benzene rings is 2. The molecule has 0 heterocycles. The number of nitrogens with two attached hydrogens (primary N) is 1. The fourth-order valence-corrected chi connectivity index (χ4v) is 3.09. The van der Waals surface area contributed by atoms with Crippen molar-refractivity contribution in [3.8, 4) is 0 Å². The number of hydrogen-bond acceptors (Lipinski definition) is 3. The van der Waals surface area contributed by atoms with Crippen molar-refractivity contribution in [1.29, 1.82) is 0 Å². The summed E-state index contributed by atoms with van der Waals surface area (Å²) in [5.41, 5.74) is 2.37. The maximum atomic E-state index is 12.2. The van der Waals surface area contributed by atoms with E-state index in [0.29, 0.717) is 17.2 Å². The number of anilines is 1. The lowest BCUT2D eigenvalue weighted by Crippen LogP contribution is -2.14. The maximum absolute atomic E-state index is 12.2. The predicted octanol–water partition coefficient (Wildman–Crippen LogP) is 2.85. The molecule has 0 spiro atoms. The van der Waals surface area contributed by atoms with Gasteiger partial charge in [-0.15, -0.1) is 0 Å². The Morgan fingerprint density at radius 2 is 1.61 bits per heavy atom. The molecule has 6 heteroatoms. The largest absolute Gasteiger partial charge is 0.322 e. The van der Waals surface area contributed by atoms with Crippen LogP contribution in [0, 0.1) is 0 Å². The minimum Gasteiger partial charge on any atom is -0.322 e. The first-order valence-corrected chi connectivity index (χ1v) is 9.02. The molecular weight excluding hydrogens is 312 g/mol. The second kappa shape index (κ2) is 6.14. The third-order valence-electron chi connectivity index (χ3n) is 4.19. The summed E-state index contributed by atoms with van der Waals surface area (Å²) in [7, 11) is -3.72. The summed E-state index contributed by atoms with van der Waals surface area (Å²) in [6.45, 7) is 0. The number of hydrogen-bond donors (Lipinski definition) is 2. The smallest absolute Gasteiger partial charge is 0.255 e. The van der Waals surface area contributed by atoms with Gasteiger partial charge in [-0.3, -0.25) is 4.79 Å². The van der Waals surface area contributed by atoms with Crippen LogP contribution in [-0.4, -0.2) is 14.3 Å². The van der Waals surface area contributed by atoms with Crippen LogP contribution in [0.25, 0.3) is 0 Å². The Kier molecular flexibility index (Phi) is 4.19. The maximum Gasteiger partial charge on any atom is 0.255 e. The molecule has 0 aromatic heterocycles. The first kappa shape index (κ1) is 15.7. The molecule has 1 fully saturated rings. The van der Waals surface area contributed by atoms with E-state index in [2.05, 4.69) is 5.32 Å². The van der Waals surface area contributed by atoms with Crippen molar-refractivity contribution in [1.82, 2.24) is 0 Å². The Morgan fingerprint density at radius 1 is 1.00 bits per heavy atom. The van der Waals surface area contributed by atoms with Crippen molar-refractivity contribution in [3.05, 3.63) is 59.7 Å². The molecule has 0 radical (unpaired) electrons. The Morgan fingerprint density at radius 3 is 2.09 bits per heavy atom. The van der Waals surface area contributed by atoms with Crippen LogP contribution in [0.2, 0.25) is 0 Å². The minimum atomic E-state index is -3.72. The van der Waals surface area contributed by atoms with E-state index in [0.717, 1.165) is 0 Å². The Hall–Kier alpha value is -2.18. The van der Waals surface area contributed by atoms with E-state index >= 15 is 0 Å². The quantitative estimate of drug-likeness (QED) is 0.903. The molecule has 0 unspecified atom stereocenters. The standard InChI is InChI=1S/C17H18N2O3S/c18-23(21,22)16-10-8-15(9-11-16)19-17(20)14-6-4-13(5-7-14)12-2-1-3-12/h4-12H,1-3H2,(H,19,20)(H2,18,21,22). The van der Waals surface area contributed by atoms with E-state index < -0.39 is 10.0 Å². The monoisotopic (exact) mass is 330 g/mol. The van der Waals surface area contributed by atoms with Crippen LogP contribution in [0.4, 0.5) is 5.69 Å². The minimum absolute atomic E-state index is 0.0142. The first-order valence-electron chi connectivity index (χ1n) is 7.48. The van der Waals surface area contributed by atoms with Gasteiger partial charge in [-0.25, -0.2) is 13.6 Å². The van der Waals surface area contributed by atoms with Crippen molar-refractivity contribution >= 4 is 21.6 Å². The molecular formula is C17H18N2O3S. The second-order valence-corrected chi connectivity index (χ2v) is 7.33. The molecule has 1 aliphatic carbocycles. The second-order valence-electron chi connectivity index (χ2n) is 5.77. The summed E-state index contributed by atoms with van der Waals surface area (Å²) in [6.07, 6.45) is 3.73. The van der Waals surface area contributed by atoms with E-state index in [1.807, 2.05) is 24.3 Å². The van der Waals surface area contributed by atoms with Crippen LogP contribution in [0.3, 0.4) is 0 Å². The topological polar surface area (TPSA) is 89.3 Å². The van der Waals surface area contributed by atoms with Crippen molar-refractivity contribution in [2.75, 3.05) is 5.32 Å². The van der Waals surface area contributed by atoms with Gasteiger partial charge in [-0.1, -0.05) is 18.6 Å². The lowest BCUT2D eigenvalue weighted by Gasteiger charge is -2.25. The summed E-state index contributed by atoms with van der Waals surface area (Å²) in [5.74, 6) is 0.409. The molecule has 3 N–H and O–H groups in total. The van der Waals surface area contributed by atoms with Crippen molar-refractivity contribution in [2.24, 2.45) is 5.14 Å². The van der Waals surface area contributed by atoms with Crippen LogP contribution in [0.15, 0.2) is 53.4 Å². The van der Waals surface area contributed by atoms with Gasteiger partial charge in [0.05, 0.1) is 4.90 Å². The molecule has 0 saturated heterocycles. The number of carbonyl (C=O) groups is 1. The number of rotatable bonds is 4. The van der Waals surface area contributed by atoms with Crippen LogP contribution in [0.5, 0.6) is 0 Å². The molecule has 1 saturated carbocycles. The van der Waals surface area contributed by atoms with E-state index in [1.165, 1.54) is 49.1 Å². The van der Waals surface area contributed by atoms with Gasteiger partial charge in [0.1, 0.15) is 0 Å². The van der Waals surface area contributed by atoms with Gasteiger partial charge in [-0.05, 0) is 60.7 Å². The lowest BCUT2D eigenvalue weighted by atomic mass is 9.80. The number of primary sulfonamides is 1. The zero-order valence-corrected chi connectivity index (χ0v) is 13.3. The van der Waals surface area contributed by atoms with Crippen LogP contribution in [0.1, 0.15) is 41.1 Å². The Balaban J connectivity index is 1.68. The average molecular weight is 330 g/mol. The van der Waals surface area contributed by atoms with Gasteiger partial charge in [0.25, 0.3) is 5.91 Å². The molecule has 2 aromatic carbocycles. The molecule has 0 aliphatic heterocycles. The number of nitrogens with one attached hydrogen (secondary N) is 1. The normalized spacial score (nSPS) is 15.0. The number of carbonyl (C=O) groups excluding carboxylic acids is 1. The zero-order valence-electron chi connectivity index (χ0n) is 12.5. The lowest BCUT2D eigenvalue weighted by molar-refractivity contribution is 0.102. The van der Waals surface area contributed by atoms with Crippen molar-refractivity contribution in [2.45, 2.75) is 30.1 Å². The molecule has 120 valence electrons. The van der Waals surface area contributed by atoms with Gasteiger partial charge in [0.2, 0.25) is 10.0 Å². The van der Waals surface area contributed by atoms with Crippen LogP contribution in [-0.2, 0) is 10.0 Å². The van der Waals surface area contributed by atoms with E-state index in [9.17, 15) is 13.2 Å².